The van der Waals surface area contributed by atoms with Crippen molar-refractivity contribution in [2.24, 2.45) is 10.4 Å². The summed E-state index contributed by atoms with van der Waals surface area (Å²) in [5.41, 5.74) is -1.77. The van der Waals surface area contributed by atoms with Crippen molar-refractivity contribution in [3.8, 4) is 22.5 Å². The van der Waals surface area contributed by atoms with Crippen molar-refractivity contribution in [1.82, 2.24) is 40.5 Å². The Morgan fingerprint density at radius 1 is 1.18 bits per heavy atom. The fourth-order valence-electron chi connectivity index (χ4n) is 6.01. The van der Waals surface area contributed by atoms with Crippen LogP contribution in [0.25, 0.3) is 22.5 Å². The molecule has 1 aliphatic heterocycles. The lowest BCUT2D eigenvalue weighted by atomic mass is 9.75. The third-order valence-electron chi connectivity index (χ3n) is 8.28. The number of halogens is 4. The molecular formula is C33H33ClF3N9O5. The van der Waals surface area contributed by atoms with Gasteiger partial charge < -0.3 is 15.2 Å². The minimum Gasteiger partial charge on any atom is -0.465 e. The summed E-state index contributed by atoms with van der Waals surface area (Å²) in [6.45, 7) is 2.05. The number of alkyl carbamates (subject to hydrolysis) is 1. The number of nitrogens with one attached hydrogen (secondary N) is 3. The Labute approximate surface area is 294 Å². The number of amides is 3. The molecule has 18 heteroatoms. The number of aliphatic imine (C=N–C) groups is 1. The predicted molar refractivity (Wildman–Crippen MR) is 177 cm³/mol. The van der Waals surface area contributed by atoms with Crippen molar-refractivity contribution in [1.29, 1.82) is 0 Å². The second-order valence-corrected chi connectivity index (χ2v) is 13.8. The molecule has 3 amide bonds. The van der Waals surface area contributed by atoms with Crippen molar-refractivity contribution < 1.29 is 37.4 Å². The van der Waals surface area contributed by atoms with E-state index in [9.17, 15) is 23.5 Å². The van der Waals surface area contributed by atoms with Crippen molar-refractivity contribution in [3.63, 3.8) is 0 Å². The van der Waals surface area contributed by atoms with Crippen molar-refractivity contribution in [2.45, 2.75) is 64.2 Å². The normalized spacial score (nSPS) is 18.2. The van der Waals surface area contributed by atoms with Gasteiger partial charge in [0, 0.05) is 28.9 Å². The van der Waals surface area contributed by atoms with Gasteiger partial charge in [-0.15, -0.1) is 0 Å². The van der Waals surface area contributed by atoms with Crippen molar-refractivity contribution in [3.05, 3.63) is 77.1 Å². The van der Waals surface area contributed by atoms with E-state index in [0.29, 0.717) is 21.6 Å². The van der Waals surface area contributed by atoms with Crippen LogP contribution in [0.4, 0.5) is 22.8 Å². The van der Waals surface area contributed by atoms with Crippen molar-refractivity contribution >= 4 is 35.7 Å². The molecule has 0 saturated heterocycles. The van der Waals surface area contributed by atoms with Crippen LogP contribution in [0.2, 0.25) is 5.02 Å². The lowest BCUT2D eigenvalue weighted by molar-refractivity contribution is -0.135. The first-order chi connectivity index (χ1) is 24.1. The van der Waals surface area contributed by atoms with Gasteiger partial charge in [-0.2, -0.15) is 19.0 Å². The fourth-order valence-corrected chi connectivity index (χ4v) is 6.21. The molecule has 6 rings (SSSR count). The van der Waals surface area contributed by atoms with E-state index < -0.39 is 60.0 Å². The lowest BCUT2D eigenvalue weighted by Crippen LogP contribution is -2.49. The van der Waals surface area contributed by atoms with Gasteiger partial charge in [-0.25, -0.2) is 28.6 Å². The van der Waals surface area contributed by atoms with E-state index in [1.807, 2.05) is 0 Å². The number of hydrogen-bond acceptors (Lipinski definition) is 8. The molecule has 51 heavy (non-hydrogen) atoms. The smallest absolute Gasteiger partial charge is 0.411 e. The first-order valence-corrected chi connectivity index (χ1v) is 16.2. The van der Waals surface area contributed by atoms with Crippen LogP contribution in [0, 0.1) is 11.2 Å². The highest BCUT2D eigenvalue weighted by atomic mass is 35.5. The molecule has 0 bridgehead atoms. The zero-order valence-corrected chi connectivity index (χ0v) is 28.3. The molecule has 0 spiro atoms. The summed E-state index contributed by atoms with van der Waals surface area (Å²) in [5, 5.41) is 25.3. The topological polar surface area (TPSA) is 180 Å². The standard InChI is InChI=1S/C33H33ClF3N9O5/c1-32(2,3)15-33(22-8-4-17(11-24(22)35)19-12-40-45(13-19)28(36)37)27(47)46(29(43-33)42-30(48)49)25(14-51-31(50)41-20-6-7-20)18-5-9-23(34)21(10-18)26-38-16-39-44-26/h4-5,8-13,16,20,25,28H,6-7,14-15H2,1-3H3,(H,41,50)(H,42,43)(H,48,49)(H,38,39,44)/t25-,33-/m1/s1. The van der Waals surface area contributed by atoms with Gasteiger partial charge in [0.15, 0.2) is 11.4 Å². The highest BCUT2D eigenvalue weighted by Crippen LogP contribution is 2.46. The van der Waals surface area contributed by atoms with Crippen LogP contribution in [-0.4, -0.2) is 71.7 Å². The average molecular weight is 728 g/mol. The van der Waals surface area contributed by atoms with Gasteiger partial charge >= 0.3 is 18.7 Å². The maximum Gasteiger partial charge on any atom is 0.411 e. The van der Waals surface area contributed by atoms with Gasteiger partial charge in [0.1, 0.15) is 18.8 Å². The molecule has 2 aromatic carbocycles. The number of carboxylic acid groups (broad SMARTS) is 1. The molecule has 1 aliphatic carbocycles. The highest BCUT2D eigenvalue weighted by Gasteiger charge is 2.55. The number of H-pyrrole nitrogens is 1. The number of ether oxygens (including phenoxy) is 1. The van der Waals surface area contributed by atoms with Gasteiger partial charge in [-0.1, -0.05) is 50.6 Å². The fraction of sp³-hybridized carbons (Fsp3) is 0.364. The van der Waals surface area contributed by atoms with E-state index in [1.165, 1.54) is 24.5 Å². The Morgan fingerprint density at radius 2 is 1.94 bits per heavy atom. The van der Waals surface area contributed by atoms with Crippen LogP contribution in [0.3, 0.4) is 0 Å². The summed E-state index contributed by atoms with van der Waals surface area (Å²) >= 11 is 6.50. The van der Waals surface area contributed by atoms with Gasteiger partial charge in [-0.05, 0) is 54.0 Å². The number of nitrogens with zero attached hydrogens (tertiary/aromatic N) is 6. The zero-order chi connectivity index (χ0) is 36.7. The lowest BCUT2D eigenvalue weighted by Gasteiger charge is -2.35. The van der Waals surface area contributed by atoms with Crippen LogP contribution in [0.15, 0.2) is 60.1 Å². The van der Waals surface area contributed by atoms with Crippen LogP contribution < -0.4 is 10.6 Å². The number of rotatable bonds is 10. The molecule has 14 nitrogen and oxygen atoms in total. The SMILES string of the molecule is CC(C)(C)C[C@]1(c2ccc(-c3cnn(C(F)F)c3)cc2F)N=C(NC(=O)O)N([C@H](COC(=O)NC2CC2)c2ccc(Cl)c(-c3ncn[nH]3)c2)C1=O. The summed E-state index contributed by atoms with van der Waals surface area (Å²) in [6, 6.07) is 7.27. The van der Waals surface area contributed by atoms with E-state index >= 15 is 9.18 Å². The minimum absolute atomic E-state index is 0.0427. The van der Waals surface area contributed by atoms with Crippen LogP contribution in [-0.2, 0) is 15.1 Å². The number of carbonyl (C=O) groups is 3. The van der Waals surface area contributed by atoms with E-state index in [1.54, 1.807) is 32.9 Å². The molecule has 4 N–H and O–H groups in total. The third-order valence-corrected chi connectivity index (χ3v) is 8.61. The largest absolute Gasteiger partial charge is 0.465 e. The van der Waals surface area contributed by atoms with Gasteiger partial charge in [0.05, 0.1) is 17.3 Å². The molecule has 1 fully saturated rings. The quantitative estimate of drug-likeness (QED) is 0.148. The summed E-state index contributed by atoms with van der Waals surface area (Å²) < 4.78 is 48.8. The Bertz CT molecular complexity index is 2000. The number of carbonyl (C=O) groups excluding carboxylic acids is 2. The minimum atomic E-state index is -2.90. The number of hydrogen-bond donors (Lipinski definition) is 4. The number of alkyl halides is 2. The van der Waals surface area contributed by atoms with E-state index in [2.05, 4.69) is 35.9 Å². The second kappa shape index (κ2) is 13.7. The summed E-state index contributed by atoms with van der Waals surface area (Å²) in [5.74, 6) is -1.86. The summed E-state index contributed by atoms with van der Waals surface area (Å²) in [7, 11) is 0. The molecule has 2 atom stereocenters. The molecule has 268 valence electrons. The van der Waals surface area contributed by atoms with Crippen LogP contribution in [0.5, 0.6) is 0 Å². The van der Waals surface area contributed by atoms with Gasteiger partial charge in [-0.3, -0.25) is 20.1 Å². The number of aromatic nitrogens is 5. The monoisotopic (exact) mass is 727 g/mol. The first kappa shape index (κ1) is 35.4. The van der Waals surface area contributed by atoms with Crippen LogP contribution >= 0.6 is 11.6 Å². The molecular weight excluding hydrogens is 695 g/mol. The van der Waals surface area contributed by atoms with Crippen molar-refractivity contribution in [2.75, 3.05) is 6.61 Å². The Morgan fingerprint density at radius 3 is 2.55 bits per heavy atom. The molecule has 1 saturated carbocycles. The maximum atomic E-state index is 16.4. The second-order valence-electron chi connectivity index (χ2n) is 13.4. The van der Waals surface area contributed by atoms with E-state index in [-0.39, 0.29) is 34.2 Å². The molecule has 2 aliphatic rings. The number of aromatic amines is 1. The number of benzene rings is 2. The maximum absolute atomic E-state index is 16.4. The van der Waals surface area contributed by atoms with Crippen LogP contribution in [0.1, 0.15) is 63.8 Å². The summed E-state index contributed by atoms with van der Waals surface area (Å²) in [6.07, 6.45) is 2.66. The van der Waals surface area contributed by atoms with E-state index in [4.69, 9.17) is 16.3 Å². The predicted octanol–water partition coefficient (Wildman–Crippen LogP) is 6.25. The molecule has 4 aromatic rings. The molecule has 2 aromatic heterocycles. The number of guanidine groups is 1. The summed E-state index contributed by atoms with van der Waals surface area (Å²) in [4.78, 5) is 49.7. The average Bonchev–Trinajstić information content (AvgIpc) is 3.40. The zero-order valence-electron chi connectivity index (χ0n) is 27.5. The van der Waals surface area contributed by atoms with Gasteiger partial charge in [0.2, 0.25) is 5.96 Å². The molecule has 0 unspecified atom stereocenters. The Hall–Kier alpha value is -5.45. The molecule has 3 heterocycles. The Balaban J connectivity index is 1.47. The highest BCUT2D eigenvalue weighted by molar-refractivity contribution is 6.33. The first-order valence-electron chi connectivity index (χ1n) is 15.8. The molecule has 0 radical (unpaired) electrons. The third kappa shape index (κ3) is 7.52. The van der Waals surface area contributed by atoms with Gasteiger partial charge in [0.25, 0.3) is 5.91 Å². The Kier molecular flexibility index (Phi) is 9.50. The van der Waals surface area contributed by atoms with E-state index in [0.717, 1.165) is 36.2 Å².